The van der Waals surface area contributed by atoms with Crippen molar-refractivity contribution in [3.63, 3.8) is 0 Å². The molecule has 0 radical (unpaired) electrons. The largest absolute Gasteiger partial charge is 0.390 e. The zero-order chi connectivity index (χ0) is 29.2. The Labute approximate surface area is 243 Å². The van der Waals surface area contributed by atoms with E-state index in [-0.39, 0.29) is 17.7 Å². The number of hydrogen-bond donors (Lipinski definition) is 4. The van der Waals surface area contributed by atoms with Crippen LogP contribution in [0.4, 0.5) is 0 Å². The summed E-state index contributed by atoms with van der Waals surface area (Å²) in [5.74, 6) is -1.78. The molecule has 7 heteroatoms. The van der Waals surface area contributed by atoms with Crippen molar-refractivity contribution in [1.82, 2.24) is 15.5 Å². The summed E-state index contributed by atoms with van der Waals surface area (Å²) in [4.78, 5) is 28.9. The van der Waals surface area contributed by atoms with Crippen molar-refractivity contribution < 1.29 is 19.8 Å². The molecule has 3 aromatic rings. The molecule has 0 unspecified atom stereocenters. The zero-order valence-corrected chi connectivity index (χ0v) is 24.1. The SMILES string of the molecule is CC(C)[C@@H](C(=O)NCc1ccccc1)[C@@H](O)[C@H](O)[C@H](Cc1ccccc1)NC(=O)c1ccc(CN2CCCC2)cc1. The Morgan fingerprint density at radius 2 is 1.37 bits per heavy atom. The van der Waals surface area contributed by atoms with E-state index < -0.39 is 24.2 Å². The van der Waals surface area contributed by atoms with Crippen LogP contribution in [0.1, 0.15) is 53.7 Å². The average molecular weight is 558 g/mol. The third-order valence-corrected chi connectivity index (χ3v) is 7.90. The fourth-order valence-electron chi connectivity index (χ4n) is 5.54. The fourth-order valence-corrected chi connectivity index (χ4v) is 5.54. The van der Waals surface area contributed by atoms with Crippen molar-refractivity contribution in [2.45, 2.75) is 64.4 Å². The molecule has 218 valence electrons. The Balaban J connectivity index is 1.47. The van der Waals surface area contributed by atoms with Crippen LogP contribution in [0.2, 0.25) is 0 Å². The van der Waals surface area contributed by atoms with Crippen molar-refractivity contribution in [1.29, 1.82) is 0 Å². The number of aliphatic hydroxyl groups excluding tert-OH is 2. The highest BCUT2D eigenvalue weighted by molar-refractivity contribution is 5.94. The summed E-state index contributed by atoms with van der Waals surface area (Å²) in [5, 5.41) is 28.7. The summed E-state index contributed by atoms with van der Waals surface area (Å²) in [6, 6.07) is 25.8. The zero-order valence-electron chi connectivity index (χ0n) is 24.1. The molecule has 3 aromatic carbocycles. The van der Waals surface area contributed by atoms with Crippen molar-refractivity contribution >= 4 is 11.8 Å². The molecule has 7 nitrogen and oxygen atoms in total. The van der Waals surface area contributed by atoms with Gasteiger partial charge in [-0.15, -0.1) is 0 Å². The van der Waals surface area contributed by atoms with Crippen molar-refractivity contribution in [2.75, 3.05) is 13.1 Å². The molecule has 1 aliphatic heterocycles. The quantitative estimate of drug-likeness (QED) is 0.255. The number of rotatable bonds is 13. The van der Waals surface area contributed by atoms with Gasteiger partial charge in [0.15, 0.2) is 0 Å². The first kappa shape index (κ1) is 30.4. The topological polar surface area (TPSA) is 102 Å². The highest BCUT2D eigenvalue weighted by Gasteiger charge is 2.38. The fraction of sp³-hybridized carbons (Fsp3) is 0.412. The number of nitrogens with one attached hydrogen (secondary N) is 2. The Kier molecular flexibility index (Phi) is 11.1. The molecule has 4 atom stereocenters. The maximum atomic E-state index is 13.3. The van der Waals surface area contributed by atoms with Gasteiger partial charge in [0.1, 0.15) is 6.10 Å². The maximum Gasteiger partial charge on any atom is 0.251 e. The van der Waals surface area contributed by atoms with Crippen LogP contribution in [0.25, 0.3) is 0 Å². The van der Waals surface area contributed by atoms with E-state index in [1.54, 1.807) is 12.1 Å². The molecule has 41 heavy (non-hydrogen) atoms. The van der Waals surface area contributed by atoms with Gasteiger partial charge in [0.05, 0.1) is 18.1 Å². The first-order valence-corrected chi connectivity index (χ1v) is 14.7. The van der Waals surface area contributed by atoms with Crippen LogP contribution in [0.15, 0.2) is 84.9 Å². The lowest BCUT2D eigenvalue weighted by molar-refractivity contribution is -0.135. The molecule has 4 N–H and O–H groups in total. The molecule has 0 spiro atoms. The van der Waals surface area contributed by atoms with Crippen LogP contribution in [-0.4, -0.2) is 58.3 Å². The Hall–Kier alpha value is -3.52. The molecule has 0 aromatic heterocycles. The first-order chi connectivity index (χ1) is 19.8. The number of likely N-dealkylation sites (tertiary alicyclic amines) is 1. The van der Waals surface area contributed by atoms with E-state index in [1.807, 2.05) is 86.6 Å². The molecular weight excluding hydrogens is 514 g/mol. The average Bonchev–Trinajstić information content (AvgIpc) is 3.49. The lowest BCUT2D eigenvalue weighted by Crippen LogP contribution is -2.54. The Morgan fingerprint density at radius 3 is 1.95 bits per heavy atom. The van der Waals surface area contributed by atoms with Crippen LogP contribution in [-0.2, 0) is 24.3 Å². The van der Waals surface area contributed by atoms with Crippen LogP contribution in [0, 0.1) is 11.8 Å². The molecule has 1 saturated heterocycles. The number of carbonyl (C=O) groups is 2. The second-order valence-corrected chi connectivity index (χ2v) is 11.4. The van der Waals surface area contributed by atoms with Gasteiger partial charge in [-0.3, -0.25) is 14.5 Å². The van der Waals surface area contributed by atoms with Gasteiger partial charge in [-0.25, -0.2) is 0 Å². The predicted octanol–water partition coefficient (Wildman–Crippen LogP) is 3.93. The van der Waals surface area contributed by atoms with Gasteiger partial charge in [-0.05, 0) is 67.1 Å². The van der Waals surface area contributed by atoms with Gasteiger partial charge in [-0.2, -0.15) is 0 Å². The number of benzene rings is 3. The number of aliphatic hydroxyl groups is 2. The molecule has 1 aliphatic rings. The lowest BCUT2D eigenvalue weighted by Gasteiger charge is -2.33. The second kappa shape index (κ2) is 14.9. The number of hydrogen-bond acceptors (Lipinski definition) is 5. The second-order valence-electron chi connectivity index (χ2n) is 11.4. The molecule has 0 bridgehead atoms. The molecule has 0 saturated carbocycles. The van der Waals surface area contributed by atoms with Gasteiger partial charge in [-0.1, -0.05) is 86.6 Å². The summed E-state index contributed by atoms with van der Waals surface area (Å²) in [6.45, 7) is 7.08. The van der Waals surface area contributed by atoms with Gasteiger partial charge in [0.2, 0.25) is 5.91 Å². The minimum atomic E-state index is -1.39. The van der Waals surface area contributed by atoms with Crippen LogP contribution in [0.5, 0.6) is 0 Å². The monoisotopic (exact) mass is 557 g/mol. The van der Waals surface area contributed by atoms with Gasteiger partial charge in [0, 0.05) is 18.7 Å². The normalized spacial score (nSPS) is 16.6. The van der Waals surface area contributed by atoms with Crippen molar-refractivity contribution in [2.24, 2.45) is 11.8 Å². The van der Waals surface area contributed by atoms with Crippen molar-refractivity contribution in [3.05, 3.63) is 107 Å². The third kappa shape index (κ3) is 8.73. The maximum absolute atomic E-state index is 13.3. The van der Waals surface area contributed by atoms with Crippen LogP contribution in [0.3, 0.4) is 0 Å². The number of carbonyl (C=O) groups excluding carboxylic acids is 2. The van der Waals surface area contributed by atoms with Crippen molar-refractivity contribution in [3.8, 4) is 0 Å². The molecule has 2 amide bonds. The van der Waals surface area contributed by atoms with Gasteiger partial charge < -0.3 is 20.8 Å². The summed E-state index contributed by atoms with van der Waals surface area (Å²) in [7, 11) is 0. The van der Waals surface area contributed by atoms with E-state index >= 15 is 0 Å². The summed E-state index contributed by atoms with van der Waals surface area (Å²) < 4.78 is 0. The van der Waals surface area contributed by atoms with Gasteiger partial charge >= 0.3 is 0 Å². The standard InChI is InChI=1S/C34H43N3O4/c1-24(2)30(34(41)35-22-26-13-7-4-8-14-26)32(39)31(38)29(21-25-11-5-3-6-12-25)36-33(40)28-17-15-27(16-18-28)23-37-19-9-10-20-37/h3-8,11-18,24,29-32,38-39H,9-10,19-23H2,1-2H3,(H,35,41)(H,36,40)/t29-,30+,31+,32+/m0/s1. The summed E-state index contributed by atoms with van der Waals surface area (Å²) >= 11 is 0. The van der Waals surface area contributed by atoms with E-state index in [0.29, 0.717) is 18.5 Å². The molecule has 1 fully saturated rings. The Morgan fingerprint density at radius 1 is 0.780 bits per heavy atom. The minimum Gasteiger partial charge on any atom is -0.390 e. The number of amides is 2. The predicted molar refractivity (Wildman–Crippen MR) is 161 cm³/mol. The molecule has 4 rings (SSSR count). The highest BCUT2D eigenvalue weighted by Crippen LogP contribution is 2.22. The van der Waals surface area contributed by atoms with Crippen LogP contribution < -0.4 is 10.6 Å². The molecule has 0 aliphatic carbocycles. The third-order valence-electron chi connectivity index (χ3n) is 7.90. The molecular formula is C34H43N3O4. The van der Waals surface area contributed by atoms with E-state index in [9.17, 15) is 19.8 Å². The Bertz CT molecular complexity index is 1230. The van der Waals surface area contributed by atoms with E-state index in [0.717, 1.165) is 36.3 Å². The molecule has 1 heterocycles. The smallest absolute Gasteiger partial charge is 0.251 e. The summed E-state index contributed by atoms with van der Waals surface area (Å²) in [5.41, 5.74) is 3.48. The van der Waals surface area contributed by atoms with Gasteiger partial charge in [0.25, 0.3) is 5.91 Å². The minimum absolute atomic E-state index is 0.244. The van der Waals surface area contributed by atoms with Crippen LogP contribution >= 0.6 is 0 Å². The number of nitrogens with zero attached hydrogens (tertiary/aromatic N) is 1. The summed E-state index contributed by atoms with van der Waals surface area (Å²) in [6.07, 6.45) is -0.00632. The lowest BCUT2D eigenvalue weighted by atomic mass is 9.83. The highest BCUT2D eigenvalue weighted by atomic mass is 16.3. The van der Waals surface area contributed by atoms with E-state index in [4.69, 9.17) is 0 Å². The first-order valence-electron chi connectivity index (χ1n) is 14.7. The van der Waals surface area contributed by atoms with E-state index in [1.165, 1.54) is 12.8 Å². The van der Waals surface area contributed by atoms with E-state index in [2.05, 4.69) is 15.5 Å².